The van der Waals surface area contributed by atoms with Crippen molar-refractivity contribution in [3.8, 4) is 0 Å². The third-order valence-electron chi connectivity index (χ3n) is 4.38. The summed E-state index contributed by atoms with van der Waals surface area (Å²) in [6, 6.07) is 0.0676. The first-order valence-corrected chi connectivity index (χ1v) is 7.12. The van der Waals surface area contributed by atoms with Crippen molar-refractivity contribution in [3.05, 3.63) is 0 Å². The minimum atomic E-state index is -0.283. The number of hydrogen-bond acceptors (Lipinski definition) is 2. The molecule has 0 bridgehead atoms. The number of hydrogen-bond donors (Lipinski definition) is 2. The van der Waals surface area contributed by atoms with Gasteiger partial charge in [-0.15, -0.1) is 0 Å². The van der Waals surface area contributed by atoms with Crippen molar-refractivity contribution in [1.82, 2.24) is 5.32 Å². The van der Waals surface area contributed by atoms with Gasteiger partial charge in [0, 0.05) is 6.04 Å². The molecule has 98 valence electrons. The molecule has 2 aliphatic rings. The highest BCUT2D eigenvalue weighted by atomic mass is 16.2. The minimum absolute atomic E-state index is 0.0725. The first-order valence-electron chi connectivity index (χ1n) is 7.12. The molecule has 2 fully saturated rings. The third kappa shape index (κ3) is 3.70. The van der Waals surface area contributed by atoms with Gasteiger partial charge in [-0.2, -0.15) is 0 Å². The van der Waals surface area contributed by atoms with Crippen LogP contribution in [-0.2, 0) is 4.79 Å². The Labute approximate surface area is 105 Å². The summed E-state index contributed by atoms with van der Waals surface area (Å²) >= 11 is 0. The van der Waals surface area contributed by atoms with Gasteiger partial charge in [-0.05, 0) is 43.4 Å². The van der Waals surface area contributed by atoms with Gasteiger partial charge in [0.25, 0.3) is 0 Å². The molecule has 17 heavy (non-hydrogen) atoms. The summed E-state index contributed by atoms with van der Waals surface area (Å²) in [7, 11) is 0. The van der Waals surface area contributed by atoms with Crippen LogP contribution in [0.5, 0.6) is 0 Å². The molecule has 4 atom stereocenters. The number of nitrogens with one attached hydrogen (secondary N) is 1. The highest BCUT2D eigenvalue weighted by molar-refractivity contribution is 5.81. The van der Waals surface area contributed by atoms with E-state index in [4.69, 9.17) is 5.73 Å². The molecule has 0 aromatic rings. The van der Waals surface area contributed by atoms with Gasteiger partial charge in [-0.25, -0.2) is 0 Å². The zero-order chi connectivity index (χ0) is 12.4. The zero-order valence-electron chi connectivity index (χ0n) is 11.1. The summed E-state index contributed by atoms with van der Waals surface area (Å²) in [6.45, 7) is 4.54. The molecule has 0 saturated heterocycles. The van der Waals surface area contributed by atoms with E-state index in [-0.39, 0.29) is 11.9 Å². The molecule has 0 spiro atoms. The van der Waals surface area contributed by atoms with Crippen molar-refractivity contribution in [2.24, 2.45) is 23.5 Å². The van der Waals surface area contributed by atoms with Crippen LogP contribution in [0.2, 0.25) is 0 Å². The SMILES string of the molecule is CC1CCC(NC(=O)[C@@H](N)CC2CC2)C(C)C1. The molecule has 0 aliphatic heterocycles. The highest BCUT2D eigenvalue weighted by Gasteiger charge is 2.30. The fourth-order valence-corrected chi connectivity index (χ4v) is 2.99. The Morgan fingerprint density at radius 1 is 1.29 bits per heavy atom. The topological polar surface area (TPSA) is 55.1 Å². The Morgan fingerprint density at radius 3 is 2.59 bits per heavy atom. The fourth-order valence-electron chi connectivity index (χ4n) is 2.99. The van der Waals surface area contributed by atoms with E-state index in [1.807, 2.05) is 0 Å². The molecule has 2 rings (SSSR count). The fraction of sp³-hybridized carbons (Fsp3) is 0.929. The lowest BCUT2D eigenvalue weighted by molar-refractivity contribution is -0.124. The molecular weight excluding hydrogens is 212 g/mol. The van der Waals surface area contributed by atoms with Gasteiger partial charge >= 0.3 is 0 Å². The summed E-state index contributed by atoms with van der Waals surface area (Å²) in [5, 5.41) is 3.16. The summed E-state index contributed by atoms with van der Waals surface area (Å²) in [6.07, 6.45) is 6.97. The normalized spacial score (nSPS) is 35.4. The average Bonchev–Trinajstić information content (AvgIpc) is 3.06. The van der Waals surface area contributed by atoms with Crippen LogP contribution in [-0.4, -0.2) is 18.0 Å². The Kier molecular flexibility index (Phi) is 4.08. The Bertz CT molecular complexity index is 275. The van der Waals surface area contributed by atoms with E-state index in [2.05, 4.69) is 19.2 Å². The van der Waals surface area contributed by atoms with Crippen molar-refractivity contribution < 1.29 is 4.79 Å². The first-order chi connectivity index (χ1) is 8.06. The van der Waals surface area contributed by atoms with E-state index in [0.29, 0.717) is 12.0 Å². The van der Waals surface area contributed by atoms with Gasteiger partial charge < -0.3 is 11.1 Å². The predicted molar refractivity (Wildman–Crippen MR) is 69.4 cm³/mol. The maximum atomic E-state index is 12.0. The van der Waals surface area contributed by atoms with Crippen molar-refractivity contribution in [3.63, 3.8) is 0 Å². The number of carbonyl (C=O) groups is 1. The molecular formula is C14H26N2O. The number of amides is 1. The minimum Gasteiger partial charge on any atom is -0.352 e. The maximum absolute atomic E-state index is 12.0. The van der Waals surface area contributed by atoms with Crippen LogP contribution in [0.25, 0.3) is 0 Å². The molecule has 1 amide bonds. The van der Waals surface area contributed by atoms with Crippen LogP contribution in [0, 0.1) is 17.8 Å². The van der Waals surface area contributed by atoms with Gasteiger partial charge in [0.1, 0.15) is 0 Å². The number of rotatable bonds is 4. The van der Waals surface area contributed by atoms with Gasteiger partial charge in [0.15, 0.2) is 0 Å². The third-order valence-corrected chi connectivity index (χ3v) is 4.38. The summed E-state index contributed by atoms with van der Waals surface area (Å²) in [4.78, 5) is 12.0. The Morgan fingerprint density at radius 2 is 2.00 bits per heavy atom. The second kappa shape index (κ2) is 5.38. The molecule has 0 heterocycles. The maximum Gasteiger partial charge on any atom is 0.237 e. The van der Waals surface area contributed by atoms with E-state index in [1.165, 1.54) is 25.7 Å². The smallest absolute Gasteiger partial charge is 0.237 e. The van der Waals surface area contributed by atoms with E-state index in [0.717, 1.165) is 24.7 Å². The van der Waals surface area contributed by atoms with Crippen LogP contribution in [0.3, 0.4) is 0 Å². The van der Waals surface area contributed by atoms with E-state index in [9.17, 15) is 4.79 Å². The van der Waals surface area contributed by atoms with Crippen LogP contribution < -0.4 is 11.1 Å². The molecule has 3 N–H and O–H groups in total. The first kappa shape index (κ1) is 12.9. The van der Waals surface area contributed by atoms with Gasteiger partial charge in [-0.3, -0.25) is 4.79 Å². The molecule has 3 unspecified atom stereocenters. The number of carbonyl (C=O) groups excluding carboxylic acids is 1. The quantitative estimate of drug-likeness (QED) is 0.787. The molecule has 3 nitrogen and oxygen atoms in total. The lowest BCUT2D eigenvalue weighted by atomic mass is 9.80. The molecule has 2 aliphatic carbocycles. The van der Waals surface area contributed by atoms with Crippen molar-refractivity contribution >= 4 is 5.91 Å². The highest BCUT2D eigenvalue weighted by Crippen LogP contribution is 2.33. The second-order valence-electron chi connectivity index (χ2n) is 6.30. The van der Waals surface area contributed by atoms with E-state index < -0.39 is 0 Å². The van der Waals surface area contributed by atoms with E-state index >= 15 is 0 Å². The molecule has 0 aromatic carbocycles. The monoisotopic (exact) mass is 238 g/mol. The van der Waals surface area contributed by atoms with Crippen LogP contribution in [0.15, 0.2) is 0 Å². The van der Waals surface area contributed by atoms with Crippen LogP contribution in [0.1, 0.15) is 52.4 Å². The zero-order valence-corrected chi connectivity index (χ0v) is 11.1. The van der Waals surface area contributed by atoms with Crippen molar-refractivity contribution in [2.45, 2.75) is 64.5 Å². The molecule has 2 saturated carbocycles. The largest absolute Gasteiger partial charge is 0.352 e. The van der Waals surface area contributed by atoms with E-state index in [1.54, 1.807) is 0 Å². The van der Waals surface area contributed by atoms with Gasteiger partial charge in [-0.1, -0.05) is 26.7 Å². The standard InChI is InChI=1S/C14H26N2O/c1-9-3-6-13(10(2)7-9)16-14(17)12(15)8-11-4-5-11/h9-13H,3-8,15H2,1-2H3,(H,16,17)/t9?,10?,12-,13?/m0/s1. The molecule has 0 aromatic heterocycles. The molecule has 3 heteroatoms. The summed E-state index contributed by atoms with van der Waals surface area (Å²) in [5.74, 6) is 2.19. The van der Waals surface area contributed by atoms with Crippen molar-refractivity contribution in [1.29, 1.82) is 0 Å². The summed E-state index contributed by atoms with van der Waals surface area (Å²) < 4.78 is 0. The predicted octanol–water partition coefficient (Wildman–Crippen LogP) is 2.05. The number of nitrogens with two attached hydrogens (primary N) is 1. The second-order valence-corrected chi connectivity index (χ2v) is 6.30. The molecule has 0 radical (unpaired) electrons. The lowest BCUT2D eigenvalue weighted by Gasteiger charge is -2.33. The van der Waals surface area contributed by atoms with Crippen molar-refractivity contribution in [2.75, 3.05) is 0 Å². The van der Waals surface area contributed by atoms with Crippen LogP contribution >= 0.6 is 0 Å². The Hall–Kier alpha value is -0.570. The Balaban J connectivity index is 1.76. The average molecular weight is 238 g/mol. The lowest BCUT2D eigenvalue weighted by Crippen LogP contribution is -2.49. The summed E-state index contributed by atoms with van der Waals surface area (Å²) in [5.41, 5.74) is 5.94. The van der Waals surface area contributed by atoms with Crippen LogP contribution in [0.4, 0.5) is 0 Å². The van der Waals surface area contributed by atoms with Gasteiger partial charge in [0.2, 0.25) is 5.91 Å². The van der Waals surface area contributed by atoms with Gasteiger partial charge in [0.05, 0.1) is 6.04 Å².